The van der Waals surface area contributed by atoms with Crippen LogP contribution in [0.4, 0.5) is 0 Å². The van der Waals surface area contributed by atoms with E-state index in [1.807, 2.05) is 26.4 Å². The minimum Gasteiger partial charge on any atom is -0.312 e. The number of hydrogen-bond acceptors (Lipinski definition) is 4. The maximum Gasteiger partial charge on any atom is 0.147 e. The first-order valence-corrected chi connectivity index (χ1v) is 6.83. The van der Waals surface area contributed by atoms with Gasteiger partial charge < -0.3 is 5.32 Å². The van der Waals surface area contributed by atoms with Gasteiger partial charge in [0.1, 0.15) is 9.84 Å². The predicted octanol–water partition coefficient (Wildman–Crippen LogP) is 0.115. The summed E-state index contributed by atoms with van der Waals surface area (Å²) in [7, 11) is 0.742. The molecule has 0 fully saturated rings. The number of nitrogens with zero attached hydrogens (tertiary/aromatic N) is 2. The van der Waals surface area contributed by atoms with Crippen molar-refractivity contribution in [1.82, 2.24) is 15.1 Å². The lowest BCUT2D eigenvalue weighted by Gasteiger charge is -2.12. The molecule has 0 amide bonds. The molecule has 1 heterocycles. The van der Waals surface area contributed by atoms with Crippen molar-refractivity contribution in [1.29, 1.82) is 0 Å². The highest BCUT2D eigenvalue weighted by Crippen LogP contribution is 2.14. The van der Waals surface area contributed by atoms with Crippen molar-refractivity contribution in [3.05, 3.63) is 18.0 Å². The molecule has 1 N–H and O–H groups in total. The first kappa shape index (κ1) is 12.2. The topological polar surface area (TPSA) is 64.0 Å². The average molecular weight is 231 g/mol. The van der Waals surface area contributed by atoms with Crippen LogP contribution in [0.2, 0.25) is 0 Å². The van der Waals surface area contributed by atoms with E-state index in [9.17, 15) is 8.42 Å². The van der Waals surface area contributed by atoms with E-state index in [4.69, 9.17) is 0 Å². The summed E-state index contributed by atoms with van der Waals surface area (Å²) in [5.41, 5.74) is 0.878. The third-order valence-electron chi connectivity index (χ3n) is 2.22. The number of sulfone groups is 1. The normalized spacial score (nSPS) is 14.1. The molecule has 0 aliphatic heterocycles. The molecule has 0 spiro atoms. The Kier molecular flexibility index (Phi) is 3.87. The predicted molar refractivity (Wildman–Crippen MR) is 59.3 cm³/mol. The second-order valence-corrected chi connectivity index (χ2v) is 5.93. The minimum atomic E-state index is -2.91. The van der Waals surface area contributed by atoms with Gasteiger partial charge in [-0.15, -0.1) is 0 Å². The quantitative estimate of drug-likeness (QED) is 0.781. The third-order valence-corrected chi connectivity index (χ3v) is 3.19. The van der Waals surface area contributed by atoms with Crippen LogP contribution in [0.5, 0.6) is 0 Å². The van der Waals surface area contributed by atoms with E-state index in [-0.39, 0.29) is 11.8 Å². The maximum atomic E-state index is 11.0. The van der Waals surface area contributed by atoms with Crippen LogP contribution in [0.1, 0.15) is 18.2 Å². The monoisotopic (exact) mass is 231 g/mol. The highest BCUT2D eigenvalue weighted by molar-refractivity contribution is 7.90. The molecule has 0 bridgehead atoms. The van der Waals surface area contributed by atoms with Crippen molar-refractivity contribution in [2.75, 3.05) is 19.1 Å². The van der Waals surface area contributed by atoms with E-state index < -0.39 is 9.84 Å². The molecule has 1 atom stereocenters. The van der Waals surface area contributed by atoms with Crippen molar-refractivity contribution in [3.63, 3.8) is 0 Å². The molecule has 1 unspecified atom stereocenters. The summed E-state index contributed by atoms with van der Waals surface area (Å²) < 4.78 is 23.8. The van der Waals surface area contributed by atoms with Crippen molar-refractivity contribution in [2.24, 2.45) is 7.05 Å². The zero-order chi connectivity index (χ0) is 11.5. The van der Waals surface area contributed by atoms with Gasteiger partial charge in [-0.2, -0.15) is 5.10 Å². The standard InChI is InChI=1S/C9H17N3O2S/c1-10-8(5-7-15(3,13)14)9-4-6-12(2)11-9/h4,6,8,10H,5,7H2,1-3H3. The molecule has 86 valence electrons. The molecule has 0 saturated heterocycles. The van der Waals surface area contributed by atoms with Gasteiger partial charge in [0.05, 0.1) is 17.5 Å². The lowest BCUT2D eigenvalue weighted by molar-refractivity contribution is 0.540. The van der Waals surface area contributed by atoms with E-state index in [0.717, 1.165) is 5.69 Å². The lowest BCUT2D eigenvalue weighted by Crippen LogP contribution is -2.20. The van der Waals surface area contributed by atoms with Gasteiger partial charge in [-0.3, -0.25) is 4.68 Å². The molecule has 0 aromatic carbocycles. The molecule has 0 aliphatic carbocycles. The highest BCUT2D eigenvalue weighted by atomic mass is 32.2. The van der Waals surface area contributed by atoms with E-state index in [1.165, 1.54) is 6.26 Å². The number of rotatable bonds is 5. The summed E-state index contributed by atoms with van der Waals surface area (Å²) in [5, 5.41) is 7.31. The van der Waals surface area contributed by atoms with Crippen LogP contribution in [0, 0.1) is 0 Å². The summed E-state index contributed by atoms with van der Waals surface area (Å²) in [5.74, 6) is 0.176. The molecule has 5 nitrogen and oxygen atoms in total. The van der Waals surface area contributed by atoms with Crippen LogP contribution in [0.15, 0.2) is 12.3 Å². The Morgan fingerprint density at radius 1 is 1.60 bits per heavy atom. The largest absolute Gasteiger partial charge is 0.312 e. The fourth-order valence-electron chi connectivity index (χ4n) is 1.39. The van der Waals surface area contributed by atoms with E-state index in [0.29, 0.717) is 6.42 Å². The van der Waals surface area contributed by atoms with Crippen LogP contribution >= 0.6 is 0 Å². The Bertz CT molecular complexity index is 411. The Labute approximate surface area is 90.4 Å². The van der Waals surface area contributed by atoms with E-state index >= 15 is 0 Å². The van der Waals surface area contributed by atoms with Crippen LogP contribution in [-0.2, 0) is 16.9 Å². The van der Waals surface area contributed by atoms with Gasteiger partial charge >= 0.3 is 0 Å². The molecule has 6 heteroatoms. The molecular formula is C9H17N3O2S. The summed E-state index contributed by atoms with van der Waals surface area (Å²) in [6.45, 7) is 0. The number of aryl methyl sites for hydroxylation is 1. The molecule has 1 rings (SSSR count). The van der Waals surface area contributed by atoms with Crippen molar-refractivity contribution in [2.45, 2.75) is 12.5 Å². The van der Waals surface area contributed by atoms with Crippen molar-refractivity contribution < 1.29 is 8.42 Å². The van der Waals surface area contributed by atoms with Gasteiger partial charge in [-0.1, -0.05) is 0 Å². The zero-order valence-electron chi connectivity index (χ0n) is 9.27. The zero-order valence-corrected chi connectivity index (χ0v) is 10.1. The second kappa shape index (κ2) is 4.76. The molecule has 0 saturated carbocycles. The Hall–Kier alpha value is -0.880. The smallest absolute Gasteiger partial charge is 0.147 e. The number of aromatic nitrogens is 2. The van der Waals surface area contributed by atoms with E-state index in [1.54, 1.807) is 4.68 Å². The van der Waals surface area contributed by atoms with Crippen molar-refractivity contribution in [3.8, 4) is 0 Å². The summed E-state index contributed by atoms with van der Waals surface area (Å²) >= 11 is 0. The summed E-state index contributed by atoms with van der Waals surface area (Å²) in [6.07, 6.45) is 3.64. The second-order valence-electron chi connectivity index (χ2n) is 3.67. The lowest BCUT2D eigenvalue weighted by atomic mass is 10.1. The first-order valence-electron chi connectivity index (χ1n) is 4.77. The maximum absolute atomic E-state index is 11.0. The van der Waals surface area contributed by atoms with Crippen LogP contribution in [0.25, 0.3) is 0 Å². The first-order chi connectivity index (χ1) is 6.92. The molecule has 1 aromatic heterocycles. The summed E-state index contributed by atoms with van der Waals surface area (Å²) in [4.78, 5) is 0. The molecule has 0 radical (unpaired) electrons. The Balaban J connectivity index is 2.65. The van der Waals surface area contributed by atoms with Gasteiger partial charge in [-0.05, 0) is 19.5 Å². The SMILES string of the molecule is CNC(CCS(C)(=O)=O)c1ccn(C)n1. The van der Waals surface area contributed by atoms with Gasteiger partial charge in [0.25, 0.3) is 0 Å². The molecule has 1 aromatic rings. The minimum absolute atomic E-state index is 0.000856. The van der Waals surface area contributed by atoms with Gasteiger partial charge in [-0.25, -0.2) is 8.42 Å². The molecule has 15 heavy (non-hydrogen) atoms. The van der Waals surface area contributed by atoms with Crippen LogP contribution < -0.4 is 5.32 Å². The van der Waals surface area contributed by atoms with E-state index in [2.05, 4.69) is 10.4 Å². The number of hydrogen-bond donors (Lipinski definition) is 1. The fourth-order valence-corrected chi connectivity index (χ4v) is 2.05. The molecule has 0 aliphatic rings. The van der Waals surface area contributed by atoms with Crippen LogP contribution in [0.3, 0.4) is 0 Å². The van der Waals surface area contributed by atoms with Crippen molar-refractivity contribution >= 4 is 9.84 Å². The Morgan fingerprint density at radius 3 is 2.67 bits per heavy atom. The average Bonchev–Trinajstić information content (AvgIpc) is 2.51. The highest BCUT2D eigenvalue weighted by Gasteiger charge is 2.14. The number of nitrogens with one attached hydrogen (secondary N) is 1. The fraction of sp³-hybridized carbons (Fsp3) is 0.667. The third kappa shape index (κ3) is 4.01. The Morgan fingerprint density at radius 2 is 2.27 bits per heavy atom. The van der Waals surface area contributed by atoms with Gasteiger partial charge in [0, 0.05) is 19.5 Å². The van der Waals surface area contributed by atoms with Crippen LogP contribution in [-0.4, -0.2) is 37.3 Å². The van der Waals surface area contributed by atoms with Gasteiger partial charge in [0.15, 0.2) is 0 Å². The molecular weight excluding hydrogens is 214 g/mol. The van der Waals surface area contributed by atoms with Gasteiger partial charge in [0.2, 0.25) is 0 Å². The summed E-state index contributed by atoms with van der Waals surface area (Å²) in [6, 6.07) is 1.89.